The fraction of sp³-hybridized carbons (Fsp3) is 0.500. The summed E-state index contributed by atoms with van der Waals surface area (Å²) >= 11 is 1.66. The monoisotopic (exact) mass is 157 g/mol. The third-order valence-corrected chi connectivity index (χ3v) is 1.12. The highest BCUT2D eigenvalue weighted by atomic mass is 32.2. The fourth-order valence-corrected chi connectivity index (χ4v) is 0.605. The van der Waals surface area contributed by atoms with E-state index >= 15 is 0 Å². The Balaban J connectivity index is 3.65. The van der Waals surface area contributed by atoms with Crippen molar-refractivity contribution in [2.45, 2.75) is 6.92 Å². The van der Waals surface area contributed by atoms with Gasteiger partial charge in [0.05, 0.1) is 11.6 Å². The highest BCUT2D eigenvalue weighted by Gasteiger charge is 1.79. The van der Waals surface area contributed by atoms with Crippen LogP contribution in [-0.2, 0) is 0 Å². The third kappa shape index (κ3) is 5.50. The van der Waals surface area contributed by atoms with E-state index in [1.807, 2.05) is 13.2 Å². The van der Waals surface area contributed by atoms with Gasteiger partial charge in [-0.3, -0.25) is 4.99 Å². The Morgan fingerprint density at radius 2 is 2.40 bits per heavy atom. The van der Waals surface area contributed by atoms with Crippen LogP contribution < -0.4 is 0 Å². The summed E-state index contributed by atoms with van der Waals surface area (Å²) in [6.45, 7) is 5.06. The highest BCUT2D eigenvalue weighted by Crippen LogP contribution is 1.89. The van der Waals surface area contributed by atoms with Gasteiger partial charge in [-0.25, -0.2) is 0 Å². The van der Waals surface area contributed by atoms with Crippen LogP contribution in [0, 0.1) is 0 Å². The fourth-order valence-electron chi connectivity index (χ4n) is 0.381. The molecule has 0 aromatic carbocycles. The molecular weight excluding hydrogens is 146 g/mol. The van der Waals surface area contributed by atoms with Crippen LogP contribution in [0.2, 0.25) is 0 Å². The molecule has 0 aromatic rings. The van der Waals surface area contributed by atoms with E-state index in [4.69, 9.17) is 0 Å². The first-order valence-electron chi connectivity index (χ1n) is 2.80. The molecule has 0 fully saturated rings. The van der Waals surface area contributed by atoms with E-state index in [0.717, 1.165) is 11.6 Å². The second-order valence-electron chi connectivity index (χ2n) is 1.61. The molecule has 0 rings (SSSR count). The van der Waals surface area contributed by atoms with Gasteiger partial charge in [0.2, 0.25) is 0 Å². The van der Waals surface area contributed by atoms with Gasteiger partial charge < -0.3 is 0 Å². The summed E-state index contributed by atoms with van der Waals surface area (Å²) in [5.74, 6) is 0.768. The number of nitrogens with zero attached hydrogens (tertiary/aromatic N) is 3. The molecule has 0 N–H and O–H groups in total. The molecule has 0 radical (unpaired) electrons. The second kappa shape index (κ2) is 6.48. The van der Waals surface area contributed by atoms with Crippen molar-refractivity contribution in [3.05, 3.63) is 0 Å². The normalized spacial score (nSPS) is 12.4. The van der Waals surface area contributed by atoms with Crippen molar-refractivity contribution < 1.29 is 0 Å². The molecule has 0 aliphatic carbocycles. The minimum Gasteiger partial charge on any atom is -0.280 e. The lowest BCUT2D eigenvalue weighted by Crippen LogP contribution is -1.91. The first-order chi connectivity index (χ1) is 4.81. The van der Waals surface area contributed by atoms with Crippen molar-refractivity contribution in [2.75, 3.05) is 12.1 Å². The summed E-state index contributed by atoms with van der Waals surface area (Å²) in [5, 5.41) is 7.02. The summed E-state index contributed by atoms with van der Waals surface area (Å²) in [6.07, 6.45) is 3.68. The smallest absolute Gasteiger partial charge is 0.0841 e. The zero-order chi connectivity index (χ0) is 7.82. The summed E-state index contributed by atoms with van der Waals surface area (Å²) in [4.78, 5) is 4.03. The maximum Gasteiger partial charge on any atom is 0.0841 e. The van der Waals surface area contributed by atoms with Gasteiger partial charge in [-0.15, -0.1) is 11.8 Å². The number of thioether (sulfide) groups is 1. The molecule has 3 nitrogen and oxygen atoms in total. The Kier molecular flexibility index (Phi) is 6.06. The van der Waals surface area contributed by atoms with Gasteiger partial charge in [0.25, 0.3) is 0 Å². The molecular formula is C6H11N3S. The molecule has 0 atom stereocenters. The maximum absolute atomic E-state index is 4.03. The van der Waals surface area contributed by atoms with E-state index in [1.165, 1.54) is 0 Å². The number of aliphatic imine (C=N–C) groups is 1. The molecule has 0 heterocycles. The zero-order valence-corrected chi connectivity index (χ0v) is 7.06. The number of rotatable bonds is 4. The van der Waals surface area contributed by atoms with Crippen LogP contribution in [0.15, 0.2) is 15.2 Å². The molecule has 0 aromatic heterocycles. The topological polar surface area (TPSA) is 37.1 Å². The lowest BCUT2D eigenvalue weighted by molar-refractivity contribution is 1.26. The van der Waals surface area contributed by atoms with Gasteiger partial charge in [-0.05, 0) is 13.2 Å². The van der Waals surface area contributed by atoms with E-state index in [1.54, 1.807) is 18.0 Å². The minimum atomic E-state index is 0.768. The predicted octanol–water partition coefficient (Wildman–Crippen LogP) is 1.45. The van der Waals surface area contributed by atoms with Crippen LogP contribution >= 0.6 is 11.8 Å². The van der Waals surface area contributed by atoms with Crippen molar-refractivity contribution in [3.63, 3.8) is 0 Å². The van der Waals surface area contributed by atoms with Crippen molar-refractivity contribution in [3.8, 4) is 0 Å². The Morgan fingerprint density at radius 3 is 2.90 bits per heavy atom. The molecule has 0 amide bonds. The Morgan fingerprint density at radius 1 is 1.70 bits per heavy atom. The summed E-state index contributed by atoms with van der Waals surface area (Å²) in [6, 6.07) is 0. The molecule has 0 saturated carbocycles. The summed E-state index contributed by atoms with van der Waals surface area (Å²) in [7, 11) is 0. The van der Waals surface area contributed by atoms with E-state index in [2.05, 4.69) is 21.9 Å². The molecule has 4 heteroatoms. The first-order valence-corrected chi connectivity index (χ1v) is 4.19. The van der Waals surface area contributed by atoms with Gasteiger partial charge >= 0.3 is 0 Å². The van der Waals surface area contributed by atoms with E-state index in [9.17, 15) is 0 Å². The van der Waals surface area contributed by atoms with Crippen molar-refractivity contribution >= 4 is 30.4 Å². The Hall–Kier alpha value is -0.640. The lowest BCUT2D eigenvalue weighted by atomic mass is 10.5. The molecule has 0 saturated heterocycles. The van der Waals surface area contributed by atoms with E-state index in [0.29, 0.717) is 0 Å². The van der Waals surface area contributed by atoms with Crippen LogP contribution in [0.4, 0.5) is 0 Å². The molecule has 0 bridgehead atoms. The van der Waals surface area contributed by atoms with E-state index < -0.39 is 0 Å². The standard InChI is InChI=1S/C6H11N3S/c1-6(9-7-2)4-8-5-10-3/h4H,2,5H2,1,3H3/b8-4?,9-6-. The molecule has 0 unspecified atom stereocenters. The van der Waals surface area contributed by atoms with Crippen LogP contribution in [0.3, 0.4) is 0 Å². The van der Waals surface area contributed by atoms with Gasteiger partial charge in [-0.1, -0.05) is 0 Å². The molecule has 0 aliphatic heterocycles. The quantitative estimate of drug-likeness (QED) is 0.449. The predicted molar refractivity (Wildman–Crippen MR) is 49.5 cm³/mol. The van der Waals surface area contributed by atoms with Crippen LogP contribution in [-0.4, -0.2) is 30.8 Å². The van der Waals surface area contributed by atoms with Gasteiger partial charge in [-0.2, -0.15) is 10.2 Å². The molecule has 0 spiro atoms. The second-order valence-corrected chi connectivity index (χ2v) is 2.45. The largest absolute Gasteiger partial charge is 0.280 e. The van der Waals surface area contributed by atoms with Gasteiger partial charge in [0.1, 0.15) is 0 Å². The van der Waals surface area contributed by atoms with Crippen LogP contribution in [0.25, 0.3) is 0 Å². The van der Waals surface area contributed by atoms with Crippen molar-refractivity contribution in [1.82, 2.24) is 0 Å². The maximum atomic E-state index is 4.03. The van der Waals surface area contributed by atoms with Crippen molar-refractivity contribution in [2.24, 2.45) is 15.2 Å². The first kappa shape index (κ1) is 9.36. The minimum absolute atomic E-state index is 0.768. The lowest BCUT2D eigenvalue weighted by Gasteiger charge is -1.85. The third-order valence-electron chi connectivity index (χ3n) is 0.710. The van der Waals surface area contributed by atoms with Crippen LogP contribution in [0.5, 0.6) is 0 Å². The van der Waals surface area contributed by atoms with Crippen molar-refractivity contribution in [1.29, 1.82) is 0 Å². The van der Waals surface area contributed by atoms with Crippen LogP contribution in [0.1, 0.15) is 6.92 Å². The number of hydrogen-bond donors (Lipinski definition) is 0. The van der Waals surface area contributed by atoms with Gasteiger partial charge in [0, 0.05) is 12.9 Å². The Labute approximate surface area is 65.3 Å². The molecule has 10 heavy (non-hydrogen) atoms. The summed E-state index contributed by atoms with van der Waals surface area (Å²) in [5.41, 5.74) is 0.782. The van der Waals surface area contributed by atoms with Gasteiger partial charge in [0.15, 0.2) is 0 Å². The average Bonchev–Trinajstić information content (AvgIpc) is 1.89. The van der Waals surface area contributed by atoms with E-state index in [-0.39, 0.29) is 0 Å². The molecule has 0 aliphatic rings. The highest BCUT2D eigenvalue weighted by molar-refractivity contribution is 7.98. The SMILES string of the molecule is C=N/N=C(/C)C=NCSC. The summed E-state index contributed by atoms with van der Waals surface area (Å²) < 4.78 is 0. The average molecular weight is 157 g/mol. The Bertz CT molecular complexity index is 151. The zero-order valence-electron chi connectivity index (χ0n) is 6.24. The number of hydrogen-bond acceptors (Lipinski definition) is 4. The molecule has 56 valence electrons.